The van der Waals surface area contributed by atoms with Crippen LogP contribution < -0.4 is 10.5 Å². The monoisotopic (exact) mass is 465 g/mol. The van der Waals surface area contributed by atoms with E-state index in [4.69, 9.17) is 15.2 Å². The van der Waals surface area contributed by atoms with Gasteiger partial charge in [-0.25, -0.2) is 4.79 Å². The van der Waals surface area contributed by atoms with Crippen LogP contribution in [0.4, 0.5) is 4.79 Å². The van der Waals surface area contributed by atoms with Gasteiger partial charge in [0.05, 0.1) is 30.5 Å². The Balaban J connectivity index is 1.73. The van der Waals surface area contributed by atoms with E-state index in [1.807, 2.05) is 30.3 Å². The molecule has 2 aromatic carbocycles. The molecule has 4 rings (SSSR count). The first-order valence-electron chi connectivity index (χ1n) is 11.0. The lowest BCUT2D eigenvalue weighted by atomic mass is 9.58. The number of carbonyl (C=O) groups excluding carboxylic acids is 1. The van der Waals surface area contributed by atoms with Crippen molar-refractivity contribution in [3.05, 3.63) is 88.6 Å². The number of methoxy groups -OCH3 is 1. The Bertz CT molecular complexity index is 1300. The van der Waals surface area contributed by atoms with Crippen molar-refractivity contribution >= 4 is 6.09 Å². The molecule has 174 valence electrons. The number of hydrogen-bond acceptors (Lipinski definition) is 7. The van der Waals surface area contributed by atoms with Gasteiger partial charge < -0.3 is 20.1 Å². The van der Waals surface area contributed by atoms with Crippen LogP contribution in [0.5, 0.6) is 5.75 Å². The minimum absolute atomic E-state index is 0.0616. The van der Waals surface area contributed by atoms with Crippen molar-refractivity contribution in [2.45, 2.75) is 12.5 Å². The van der Waals surface area contributed by atoms with E-state index in [1.165, 1.54) is 4.90 Å². The maximum Gasteiger partial charge on any atom is 0.410 e. The molecule has 1 heterocycles. The van der Waals surface area contributed by atoms with Gasteiger partial charge in [0.1, 0.15) is 18.4 Å². The summed E-state index contributed by atoms with van der Waals surface area (Å²) in [7, 11) is 1.55. The smallest absolute Gasteiger partial charge is 0.410 e. The summed E-state index contributed by atoms with van der Waals surface area (Å²) in [5.41, 5.74) is 6.79. The predicted octanol–water partition coefficient (Wildman–Crippen LogP) is 3.76. The maximum absolute atomic E-state index is 12.9. The Hall–Kier alpha value is -4.74. The molecule has 0 spiro atoms. The van der Waals surface area contributed by atoms with Gasteiger partial charge in [0.2, 0.25) is 0 Å². The molecule has 2 aliphatic rings. The molecule has 1 amide bonds. The molecule has 0 saturated carbocycles. The van der Waals surface area contributed by atoms with Crippen LogP contribution in [0.1, 0.15) is 17.0 Å². The zero-order valence-electron chi connectivity index (χ0n) is 19.1. The number of allylic oxidation sites excluding steroid dienone is 2. The second-order valence-electron chi connectivity index (χ2n) is 8.39. The second kappa shape index (κ2) is 9.63. The minimum atomic E-state index is -1.78. The van der Waals surface area contributed by atoms with E-state index in [0.717, 1.165) is 5.56 Å². The third kappa shape index (κ3) is 4.05. The van der Waals surface area contributed by atoms with Crippen molar-refractivity contribution in [3.63, 3.8) is 0 Å². The topological polar surface area (TPSA) is 136 Å². The summed E-state index contributed by atoms with van der Waals surface area (Å²) in [5.74, 6) is -0.602. The summed E-state index contributed by atoms with van der Waals surface area (Å²) in [6.45, 7) is 0.509. The normalized spacial score (nSPS) is 20.4. The molecular formula is C27H23N5O3. The highest BCUT2D eigenvalue weighted by Gasteiger charge is 2.54. The largest absolute Gasteiger partial charge is 0.497 e. The van der Waals surface area contributed by atoms with Crippen LogP contribution in [-0.4, -0.2) is 31.2 Å². The molecule has 0 aromatic heterocycles. The second-order valence-corrected chi connectivity index (χ2v) is 8.39. The van der Waals surface area contributed by atoms with Crippen molar-refractivity contribution in [2.75, 3.05) is 20.2 Å². The predicted molar refractivity (Wildman–Crippen MR) is 126 cm³/mol. The van der Waals surface area contributed by atoms with Crippen LogP contribution in [0.25, 0.3) is 0 Å². The molecular weight excluding hydrogens is 442 g/mol. The first kappa shape index (κ1) is 23.4. The van der Waals surface area contributed by atoms with Gasteiger partial charge >= 0.3 is 6.09 Å². The van der Waals surface area contributed by atoms with Crippen LogP contribution in [0, 0.1) is 45.3 Å². The fraction of sp³-hybridized carbons (Fsp3) is 0.259. The molecule has 1 aliphatic heterocycles. The van der Waals surface area contributed by atoms with Crippen molar-refractivity contribution < 1.29 is 14.3 Å². The van der Waals surface area contributed by atoms with Gasteiger partial charge in [-0.15, -0.1) is 0 Å². The molecule has 0 bridgehead atoms. The van der Waals surface area contributed by atoms with E-state index < -0.39 is 23.3 Å². The first-order valence-corrected chi connectivity index (χ1v) is 11.0. The molecule has 8 heteroatoms. The molecule has 0 saturated heterocycles. The maximum atomic E-state index is 12.9. The van der Waals surface area contributed by atoms with Crippen LogP contribution >= 0.6 is 0 Å². The van der Waals surface area contributed by atoms with Crippen molar-refractivity contribution in [3.8, 4) is 24.0 Å². The number of hydrogen-bond donors (Lipinski definition) is 1. The Morgan fingerprint density at radius 1 is 1.11 bits per heavy atom. The Morgan fingerprint density at radius 3 is 2.40 bits per heavy atom. The summed E-state index contributed by atoms with van der Waals surface area (Å²) in [6, 6.07) is 22.7. The molecule has 2 N–H and O–H groups in total. The highest BCUT2D eigenvalue weighted by molar-refractivity contribution is 5.69. The number of carbonyl (C=O) groups is 1. The summed E-state index contributed by atoms with van der Waals surface area (Å²) < 4.78 is 10.8. The standard InChI is InChI=1S/C27H23N5O3/c1-34-20-9-7-19(8-10-20)24-23-14-32(26(33)35-15-18-5-3-2-4-6-18)12-11-21(23)22(13-28)25(31)27(24,16-29)17-30/h2-11,23-24H,12,14-15,31H2,1H3/t23-,24-/m1/s1. The van der Waals surface area contributed by atoms with Gasteiger partial charge in [-0.1, -0.05) is 48.5 Å². The average Bonchev–Trinajstić information content (AvgIpc) is 2.91. The van der Waals surface area contributed by atoms with Crippen molar-refractivity contribution in [1.29, 1.82) is 15.8 Å². The number of amides is 1. The van der Waals surface area contributed by atoms with E-state index in [9.17, 15) is 20.6 Å². The van der Waals surface area contributed by atoms with E-state index in [-0.39, 0.29) is 31.0 Å². The fourth-order valence-corrected chi connectivity index (χ4v) is 4.83. The van der Waals surface area contributed by atoms with Gasteiger partial charge in [-0.2, -0.15) is 15.8 Å². The van der Waals surface area contributed by atoms with E-state index in [0.29, 0.717) is 16.9 Å². The summed E-state index contributed by atoms with van der Waals surface area (Å²) in [4.78, 5) is 14.4. The molecule has 2 aromatic rings. The molecule has 8 nitrogen and oxygen atoms in total. The third-order valence-electron chi connectivity index (χ3n) is 6.60. The lowest BCUT2D eigenvalue weighted by Gasteiger charge is -2.45. The molecule has 0 fully saturated rings. The Labute approximate surface area is 203 Å². The quantitative estimate of drug-likeness (QED) is 0.726. The molecule has 2 atom stereocenters. The van der Waals surface area contributed by atoms with E-state index in [1.54, 1.807) is 37.5 Å². The number of nitriles is 3. The van der Waals surface area contributed by atoms with Crippen LogP contribution in [0.2, 0.25) is 0 Å². The zero-order chi connectivity index (χ0) is 25.0. The first-order chi connectivity index (χ1) is 17.0. The highest BCUT2D eigenvalue weighted by atomic mass is 16.6. The van der Waals surface area contributed by atoms with Crippen LogP contribution in [-0.2, 0) is 11.3 Å². The highest BCUT2D eigenvalue weighted by Crippen LogP contribution is 2.54. The van der Waals surface area contributed by atoms with Crippen LogP contribution in [0.15, 0.2) is 77.5 Å². The van der Waals surface area contributed by atoms with E-state index >= 15 is 0 Å². The van der Waals surface area contributed by atoms with Gasteiger partial charge in [0.15, 0.2) is 5.41 Å². The SMILES string of the molecule is COc1ccc([C@@H]2[C@@H]3CN(C(=O)OCc4ccccc4)CC=C3C(C#N)=C(N)C2(C#N)C#N)cc1. The Morgan fingerprint density at radius 2 is 1.80 bits per heavy atom. The fourth-order valence-electron chi connectivity index (χ4n) is 4.83. The van der Waals surface area contributed by atoms with Gasteiger partial charge in [0, 0.05) is 24.9 Å². The summed E-state index contributed by atoms with van der Waals surface area (Å²) >= 11 is 0. The number of rotatable bonds is 4. The summed E-state index contributed by atoms with van der Waals surface area (Å²) in [5, 5.41) is 30.2. The molecule has 0 unspecified atom stereocenters. The minimum Gasteiger partial charge on any atom is -0.497 e. The lowest BCUT2D eigenvalue weighted by Crippen LogP contribution is -2.49. The van der Waals surface area contributed by atoms with Gasteiger partial charge in [0.25, 0.3) is 0 Å². The number of benzene rings is 2. The van der Waals surface area contributed by atoms with Crippen LogP contribution in [0.3, 0.4) is 0 Å². The number of fused-ring (bicyclic) bond motifs is 1. The lowest BCUT2D eigenvalue weighted by molar-refractivity contribution is 0.0898. The van der Waals surface area contributed by atoms with E-state index in [2.05, 4.69) is 18.2 Å². The van der Waals surface area contributed by atoms with Gasteiger partial charge in [-0.3, -0.25) is 0 Å². The average molecular weight is 466 g/mol. The Kier molecular flexibility index (Phi) is 6.44. The number of nitrogens with two attached hydrogens (primary N) is 1. The number of ether oxygens (including phenoxy) is 2. The van der Waals surface area contributed by atoms with Crippen molar-refractivity contribution in [1.82, 2.24) is 4.90 Å². The summed E-state index contributed by atoms with van der Waals surface area (Å²) in [6.07, 6.45) is 1.25. The number of nitrogens with zero attached hydrogens (tertiary/aromatic N) is 4. The molecule has 1 aliphatic carbocycles. The van der Waals surface area contributed by atoms with Gasteiger partial charge in [-0.05, 0) is 28.8 Å². The molecule has 0 radical (unpaired) electrons. The zero-order valence-corrected chi connectivity index (χ0v) is 19.1. The van der Waals surface area contributed by atoms with Crippen molar-refractivity contribution in [2.24, 2.45) is 17.1 Å². The third-order valence-corrected chi connectivity index (χ3v) is 6.60. The molecule has 35 heavy (non-hydrogen) atoms.